The van der Waals surface area contributed by atoms with Gasteiger partial charge in [-0.3, -0.25) is 4.90 Å². The molecule has 1 aliphatic heterocycles. The lowest BCUT2D eigenvalue weighted by Crippen LogP contribution is -2.37. The lowest BCUT2D eigenvalue weighted by Gasteiger charge is -2.26. The number of aryl methyl sites for hydroxylation is 1. The van der Waals surface area contributed by atoms with E-state index in [9.17, 15) is 0 Å². The molecule has 2 heterocycles. The average Bonchev–Trinajstić information content (AvgIpc) is 2.81. The summed E-state index contributed by atoms with van der Waals surface area (Å²) in [7, 11) is 0. The van der Waals surface area contributed by atoms with Gasteiger partial charge in [0.1, 0.15) is 11.5 Å². The highest BCUT2D eigenvalue weighted by Gasteiger charge is 2.08. The predicted octanol–water partition coefficient (Wildman–Crippen LogP) is 1.79. The summed E-state index contributed by atoms with van der Waals surface area (Å²) in [4.78, 5) is 2.49. The van der Waals surface area contributed by atoms with E-state index in [1.54, 1.807) is 0 Å². The van der Waals surface area contributed by atoms with Gasteiger partial charge in [0, 0.05) is 13.1 Å². The molecule has 4 heteroatoms. The molecule has 0 saturated carbocycles. The van der Waals surface area contributed by atoms with Gasteiger partial charge in [-0.15, -0.1) is 0 Å². The van der Waals surface area contributed by atoms with Crippen molar-refractivity contribution in [2.24, 2.45) is 0 Å². The van der Waals surface area contributed by atoms with Crippen LogP contribution in [-0.4, -0.2) is 44.3 Å². The fraction of sp³-hybridized carbons (Fsp3) is 0.714. The van der Waals surface area contributed by atoms with Gasteiger partial charge in [0.15, 0.2) is 0 Å². The molecule has 1 aromatic heterocycles. The Labute approximate surface area is 109 Å². The molecule has 1 aromatic rings. The highest BCUT2D eigenvalue weighted by molar-refractivity contribution is 5.04. The van der Waals surface area contributed by atoms with E-state index in [2.05, 4.69) is 10.2 Å². The Morgan fingerprint density at radius 2 is 2.06 bits per heavy atom. The fourth-order valence-electron chi connectivity index (χ4n) is 2.20. The minimum Gasteiger partial charge on any atom is -0.465 e. The summed E-state index contributed by atoms with van der Waals surface area (Å²) in [6, 6.07) is 4.05. The van der Waals surface area contributed by atoms with Crippen molar-refractivity contribution in [2.45, 2.75) is 26.3 Å². The number of furan rings is 1. The van der Waals surface area contributed by atoms with Gasteiger partial charge in [0.2, 0.25) is 0 Å². The second-order valence-electron chi connectivity index (χ2n) is 4.85. The largest absolute Gasteiger partial charge is 0.465 e. The quantitative estimate of drug-likeness (QED) is 0.751. The maximum absolute atomic E-state index is 5.50. The minimum absolute atomic E-state index is 0.839. The van der Waals surface area contributed by atoms with Crippen LogP contribution in [0.2, 0.25) is 0 Å². The van der Waals surface area contributed by atoms with Crippen molar-refractivity contribution >= 4 is 0 Å². The highest BCUT2D eigenvalue weighted by atomic mass is 16.5. The number of ether oxygens (including phenoxy) is 1. The van der Waals surface area contributed by atoms with Gasteiger partial charge in [0.25, 0.3) is 0 Å². The molecule has 1 saturated heterocycles. The summed E-state index contributed by atoms with van der Waals surface area (Å²) in [5, 5.41) is 3.42. The summed E-state index contributed by atoms with van der Waals surface area (Å²) in [5.74, 6) is 2.01. The number of rotatable bonds is 7. The van der Waals surface area contributed by atoms with Crippen LogP contribution in [0.5, 0.6) is 0 Å². The zero-order valence-electron chi connectivity index (χ0n) is 11.3. The van der Waals surface area contributed by atoms with Gasteiger partial charge in [-0.2, -0.15) is 0 Å². The van der Waals surface area contributed by atoms with Crippen molar-refractivity contribution in [1.82, 2.24) is 10.2 Å². The van der Waals surface area contributed by atoms with Gasteiger partial charge < -0.3 is 14.5 Å². The molecule has 4 nitrogen and oxygen atoms in total. The molecule has 1 fully saturated rings. The van der Waals surface area contributed by atoms with Gasteiger partial charge in [-0.1, -0.05) is 0 Å². The zero-order chi connectivity index (χ0) is 12.6. The lowest BCUT2D eigenvalue weighted by atomic mass is 10.2. The van der Waals surface area contributed by atoms with E-state index in [4.69, 9.17) is 9.15 Å². The van der Waals surface area contributed by atoms with Gasteiger partial charge >= 0.3 is 0 Å². The van der Waals surface area contributed by atoms with Crippen LogP contribution in [0.4, 0.5) is 0 Å². The van der Waals surface area contributed by atoms with Crippen molar-refractivity contribution in [3.05, 3.63) is 23.7 Å². The first-order chi connectivity index (χ1) is 8.84. The fourth-order valence-corrected chi connectivity index (χ4v) is 2.20. The van der Waals surface area contributed by atoms with Gasteiger partial charge in [-0.25, -0.2) is 0 Å². The third-order valence-corrected chi connectivity index (χ3v) is 3.28. The third-order valence-electron chi connectivity index (χ3n) is 3.28. The normalized spacial score (nSPS) is 17.2. The molecule has 0 radical (unpaired) electrons. The summed E-state index contributed by atoms with van der Waals surface area (Å²) >= 11 is 0. The van der Waals surface area contributed by atoms with E-state index in [-0.39, 0.29) is 0 Å². The first kappa shape index (κ1) is 13.6. The van der Waals surface area contributed by atoms with E-state index in [1.807, 2.05) is 19.1 Å². The molecule has 1 N–H and O–H groups in total. The molecule has 0 aromatic carbocycles. The Hall–Kier alpha value is -0.840. The van der Waals surface area contributed by atoms with Crippen molar-refractivity contribution in [3.63, 3.8) is 0 Å². The molecule has 0 amide bonds. The van der Waals surface area contributed by atoms with Crippen molar-refractivity contribution in [1.29, 1.82) is 0 Å². The number of morpholine rings is 1. The van der Waals surface area contributed by atoms with E-state index >= 15 is 0 Å². The number of nitrogens with zero attached hydrogens (tertiary/aromatic N) is 1. The molecule has 0 spiro atoms. The van der Waals surface area contributed by atoms with Crippen LogP contribution < -0.4 is 5.32 Å². The Kier molecular flexibility index (Phi) is 5.71. The molecule has 1 aliphatic rings. The molecule has 0 bridgehead atoms. The van der Waals surface area contributed by atoms with Crippen molar-refractivity contribution < 1.29 is 9.15 Å². The highest BCUT2D eigenvalue weighted by Crippen LogP contribution is 2.05. The van der Waals surface area contributed by atoms with Crippen LogP contribution >= 0.6 is 0 Å². The van der Waals surface area contributed by atoms with E-state index < -0.39 is 0 Å². The Morgan fingerprint density at radius 1 is 1.22 bits per heavy atom. The lowest BCUT2D eigenvalue weighted by molar-refractivity contribution is 0.0372. The maximum atomic E-state index is 5.50. The van der Waals surface area contributed by atoms with Crippen molar-refractivity contribution in [3.8, 4) is 0 Å². The standard InChI is InChI=1S/C14H24N2O2/c1-13-4-5-14(18-13)12-15-6-2-3-7-16-8-10-17-11-9-16/h4-5,15H,2-3,6-12H2,1H3. The van der Waals surface area contributed by atoms with Crippen LogP contribution in [0, 0.1) is 6.92 Å². The molecule has 2 rings (SSSR count). The third kappa shape index (κ3) is 4.80. The van der Waals surface area contributed by atoms with E-state index in [0.29, 0.717) is 0 Å². The molecule has 102 valence electrons. The second-order valence-corrected chi connectivity index (χ2v) is 4.85. The van der Waals surface area contributed by atoms with Crippen LogP contribution in [-0.2, 0) is 11.3 Å². The molecular weight excluding hydrogens is 228 g/mol. The first-order valence-corrected chi connectivity index (χ1v) is 6.91. The number of unbranched alkanes of at least 4 members (excludes halogenated alkanes) is 1. The molecule has 0 unspecified atom stereocenters. The van der Waals surface area contributed by atoms with Crippen LogP contribution in [0.15, 0.2) is 16.5 Å². The Morgan fingerprint density at radius 3 is 2.78 bits per heavy atom. The Bertz CT molecular complexity index is 332. The predicted molar refractivity (Wildman–Crippen MR) is 71.6 cm³/mol. The number of hydrogen-bond acceptors (Lipinski definition) is 4. The smallest absolute Gasteiger partial charge is 0.117 e. The summed E-state index contributed by atoms with van der Waals surface area (Å²) < 4.78 is 10.8. The van der Waals surface area contributed by atoms with Crippen LogP contribution in [0.1, 0.15) is 24.4 Å². The monoisotopic (exact) mass is 252 g/mol. The minimum atomic E-state index is 0.839. The van der Waals surface area contributed by atoms with Crippen LogP contribution in [0.3, 0.4) is 0 Å². The first-order valence-electron chi connectivity index (χ1n) is 6.91. The van der Waals surface area contributed by atoms with Gasteiger partial charge in [-0.05, 0) is 45.0 Å². The zero-order valence-corrected chi connectivity index (χ0v) is 11.3. The second kappa shape index (κ2) is 7.56. The van der Waals surface area contributed by atoms with Crippen molar-refractivity contribution in [2.75, 3.05) is 39.4 Å². The van der Waals surface area contributed by atoms with Gasteiger partial charge in [0.05, 0.1) is 19.8 Å². The topological polar surface area (TPSA) is 37.6 Å². The number of nitrogens with one attached hydrogen (secondary N) is 1. The summed E-state index contributed by atoms with van der Waals surface area (Å²) in [6.45, 7) is 9.07. The molecule has 18 heavy (non-hydrogen) atoms. The maximum Gasteiger partial charge on any atom is 0.117 e. The molecule has 0 aliphatic carbocycles. The molecular formula is C14H24N2O2. The van der Waals surface area contributed by atoms with E-state index in [1.165, 1.54) is 19.4 Å². The Balaban J connectivity index is 1.46. The van der Waals surface area contributed by atoms with E-state index in [0.717, 1.165) is 50.9 Å². The summed E-state index contributed by atoms with van der Waals surface area (Å²) in [6.07, 6.45) is 2.47. The van der Waals surface area contributed by atoms with Crippen LogP contribution in [0.25, 0.3) is 0 Å². The number of hydrogen-bond donors (Lipinski definition) is 1. The molecule has 0 atom stereocenters. The SMILES string of the molecule is Cc1ccc(CNCCCCN2CCOCC2)o1. The average molecular weight is 252 g/mol. The summed E-state index contributed by atoms with van der Waals surface area (Å²) in [5.41, 5.74) is 0.